The zero-order valence-electron chi connectivity index (χ0n) is 9.33. The highest BCUT2D eigenvalue weighted by molar-refractivity contribution is 5.93. The highest BCUT2D eigenvalue weighted by atomic mass is 19.4. The monoisotopic (exact) mass is 263 g/mol. The molecule has 8 heteroatoms. The minimum atomic E-state index is -4.49. The lowest BCUT2D eigenvalue weighted by molar-refractivity contribution is -0.140. The summed E-state index contributed by atoms with van der Waals surface area (Å²) in [5, 5.41) is 0. The van der Waals surface area contributed by atoms with Crippen LogP contribution in [0.15, 0.2) is 23.1 Å². The van der Waals surface area contributed by atoms with E-state index in [9.17, 15) is 22.8 Å². The van der Waals surface area contributed by atoms with Crippen LogP contribution in [0.4, 0.5) is 13.2 Å². The van der Waals surface area contributed by atoms with Gasteiger partial charge < -0.3 is 15.6 Å². The lowest BCUT2D eigenvalue weighted by atomic mass is 10.2. The summed E-state index contributed by atoms with van der Waals surface area (Å²) >= 11 is 0. The Hall–Kier alpha value is -1.83. The average Bonchev–Trinajstić information content (AvgIpc) is 2.27. The maximum atomic E-state index is 12.3. The lowest BCUT2D eigenvalue weighted by Crippen LogP contribution is -2.41. The normalized spacial score (nSPS) is 11.3. The van der Waals surface area contributed by atoms with Gasteiger partial charge in [0.15, 0.2) is 0 Å². The van der Waals surface area contributed by atoms with E-state index in [4.69, 9.17) is 5.73 Å². The van der Waals surface area contributed by atoms with Crippen molar-refractivity contribution in [2.75, 3.05) is 19.6 Å². The number of carbonyl (C=O) groups excluding carboxylic acids is 1. The van der Waals surface area contributed by atoms with Gasteiger partial charge in [-0.25, -0.2) is 0 Å². The summed E-state index contributed by atoms with van der Waals surface area (Å²) in [5.74, 6) is -0.825. The summed E-state index contributed by atoms with van der Waals surface area (Å²) in [5.41, 5.74) is 4.71. The first-order chi connectivity index (χ1) is 8.33. The number of nitrogens with zero attached hydrogens (tertiary/aromatic N) is 1. The minimum Gasteiger partial charge on any atom is -0.329 e. The Bertz CT molecular complexity index is 450. The van der Waals surface area contributed by atoms with Gasteiger partial charge in [0.1, 0.15) is 6.54 Å². The first-order valence-corrected chi connectivity index (χ1v) is 5.08. The van der Waals surface area contributed by atoms with Gasteiger partial charge in [-0.15, -0.1) is 0 Å². The number of nitrogens with one attached hydrogen (secondary N) is 1. The van der Waals surface area contributed by atoms with E-state index in [2.05, 4.69) is 4.98 Å². The molecule has 0 bridgehead atoms. The highest BCUT2D eigenvalue weighted by Crippen LogP contribution is 2.17. The predicted molar refractivity (Wildman–Crippen MR) is 58.1 cm³/mol. The molecule has 0 unspecified atom stereocenters. The molecule has 1 heterocycles. The van der Waals surface area contributed by atoms with Crippen molar-refractivity contribution in [3.8, 4) is 0 Å². The van der Waals surface area contributed by atoms with Gasteiger partial charge in [0.05, 0.1) is 5.56 Å². The predicted octanol–water partition coefficient (Wildman–Crippen LogP) is 0.338. The third-order valence-electron chi connectivity index (χ3n) is 2.09. The van der Waals surface area contributed by atoms with Crippen LogP contribution in [-0.2, 0) is 0 Å². The summed E-state index contributed by atoms with van der Waals surface area (Å²) in [4.78, 5) is 25.4. The van der Waals surface area contributed by atoms with Gasteiger partial charge in [0.2, 0.25) is 5.56 Å². The fraction of sp³-hybridized carbons (Fsp3) is 0.400. The van der Waals surface area contributed by atoms with E-state index in [0.29, 0.717) is 4.90 Å². The number of carbonyl (C=O) groups is 1. The van der Waals surface area contributed by atoms with Crippen LogP contribution in [-0.4, -0.2) is 41.6 Å². The Balaban J connectivity index is 2.88. The van der Waals surface area contributed by atoms with Gasteiger partial charge in [-0.2, -0.15) is 13.2 Å². The van der Waals surface area contributed by atoms with E-state index in [0.717, 1.165) is 12.3 Å². The molecule has 5 nitrogen and oxygen atoms in total. The number of pyridine rings is 1. The Kier molecular flexibility index (Phi) is 4.49. The molecule has 0 saturated heterocycles. The van der Waals surface area contributed by atoms with Crippen molar-refractivity contribution in [2.24, 2.45) is 5.73 Å². The maximum absolute atomic E-state index is 12.3. The first-order valence-electron chi connectivity index (χ1n) is 5.08. The fourth-order valence-electron chi connectivity index (χ4n) is 1.35. The summed E-state index contributed by atoms with van der Waals surface area (Å²) in [6.07, 6.45) is -3.42. The minimum absolute atomic E-state index is 0.0210. The van der Waals surface area contributed by atoms with Crippen molar-refractivity contribution in [2.45, 2.75) is 6.18 Å². The molecule has 1 rings (SSSR count). The van der Waals surface area contributed by atoms with E-state index in [1.807, 2.05) is 0 Å². The Labute approximate surface area is 100 Å². The number of hydrogen-bond acceptors (Lipinski definition) is 3. The van der Waals surface area contributed by atoms with Crippen molar-refractivity contribution in [1.29, 1.82) is 0 Å². The standard InChI is InChI=1S/C10H12F3N3O2/c11-10(12,13)6-16(4-3-14)9(18)7-1-2-8(17)15-5-7/h1-2,5H,3-4,6,14H2,(H,15,17). The highest BCUT2D eigenvalue weighted by Gasteiger charge is 2.33. The smallest absolute Gasteiger partial charge is 0.329 e. The second kappa shape index (κ2) is 5.67. The van der Waals surface area contributed by atoms with Crippen LogP contribution >= 0.6 is 0 Å². The van der Waals surface area contributed by atoms with E-state index in [1.54, 1.807) is 0 Å². The molecule has 0 saturated carbocycles. The molecule has 0 aromatic carbocycles. The van der Waals surface area contributed by atoms with Gasteiger partial charge >= 0.3 is 6.18 Å². The van der Waals surface area contributed by atoms with Crippen molar-refractivity contribution >= 4 is 5.91 Å². The molecule has 100 valence electrons. The molecule has 0 spiro atoms. The summed E-state index contributed by atoms with van der Waals surface area (Å²) in [6.45, 7) is -1.66. The number of nitrogens with two attached hydrogens (primary N) is 1. The molecule has 0 atom stereocenters. The number of halogens is 3. The zero-order valence-corrected chi connectivity index (χ0v) is 9.33. The molecule has 1 aromatic rings. The van der Waals surface area contributed by atoms with E-state index >= 15 is 0 Å². The quantitative estimate of drug-likeness (QED) is 0.822. The number of rotatable bonds is 4. The number of alkyl halides is 3. The number of aromatic nitrogens is 1. The molecule has 1 amide bonds. The van der Waals surface area contributed by atoms with Crippen LogP contribution in [0.3, 0.4) is 0 Å². The van der Waals surface area contributed by atoms with Crippen LogP contribution in [0.1, 0.15) is 10.4 Å². The van der Waals surface area contributed by atoms with Gasteiger partial charge in [-0.1, -0.05) is 0 Å². The van der Waals surface area contributed by atoms with E-state index in [-0.39, 0.29) is 18.7 Å². The zero-order chi connectivity index (χ0) is 13.8. The van der Waals surface area contributed by atoms with Crippen molar-refractivity contribution in [1.82, 2.24) is 9.88 Å². The van der Waals surface area contributed by atoms with Gasteiger partial charge in [-0.05, 0) is 6.07 Å². The summed E-state index contributed by atoms with van der Waals surface area (Å²) < 4.78 is 36.8. The molecule has 0 aliphatic carbocycles. The van der Waals surface area contributed by atoms with Crippen molar-refractivity contribution in [3.05, 3.63) is 34.2 Å². The first kappa shape index (κ1) is 14.2. The topological polar surface area (TPSA) is 79.2 Å². The second-order valence-electron chi connectivity index (χ2n) is 3.57. The second-order valence-corrected chi connectivity index (χ2v) is 3.57. The molecule has 18 heavy (non-hydrogen) atoms. The number of hydrogen-bond donors (Lipinski definition) is 2. The molecule has 1 aromatic heterocycles. The fourth-order valence-corrected chi connectivity index (χ4v) is 1.35. The van der Waals surface area contributed by atoms with Crippen molar-refractivity contribution < 1.29 is 18.0 Å². The van der Waals surface area contributed by atoms with Crippen LogP contribution in [0.25, 0.3) is 0 Å². The third kappa shape index (κ3) is 4.21. The largest absolute Gasteiger partial charge is 0.406 e. The number of aromatic amines is 1. The van der Waals surface area contributed by atoms with E-state index < -0.39 is 24.2 Å². The van der Waals surface area contributed by atoms with Gasteiger partial charge in [-0.3, -0.25) is 9.59 Å². The van der Waals surface area contributed by atoms with Crippen LogP contribution in [0.2, 0.25) is 0 Å². The molecular formula is C10H12F3N3O2. The summed E-state index contributed by atoms with van der Waals surface area (Å²) in [7, 11) is 0. The maximum Gasteiger partial charge on any atom is 0.406 e. The van der Waals surface area contributed by atoms with Crippen LogP contribution in [0, 0.1) is 0 Å². The SMILES string of the molecule is NCCN(CC(F)(F)F)C(=O)c1ccc(=O)[nH]c1. The average molecular weight is 263 g/mol. The van der Waals surface area contributed by atoms with Crippen LogP contribution in [0.5, 0.6) is 0 Å². The molecule has 0 aliphatic heterocycles. The molecule has 0 aliphatic rings. The van der Waals surface area contributed by atoms with E-state index in [1.165, 1.54) is 6.07 Å². The third-order valence-corrected chi connectivity index (χ3v) is 2.09. The van der Waals surface area contributed by atoms with Crippen molar-refractivity contribution in [3.63, 3.8) is 0 Å². The Morgan fingerprint density at radius 1 is 1.39 bits per heavy atom. The molecule has 3 N–H and O–H groups in total. The summed E-state index contributed by atoms with van der Waals surface area (Å²) in [6, 6.07) is 2.24. The lowest BCUT2D eigenvalue weighted by Gasteiger charge is -2.23. The van der Waals surface area contributed by atoms with Gasteiger partial charge in [0, 0.05) is 25.4 Å². The molecule has 0 fully saturated rings. The number of amides is 1. The molecule has 0 radical (unpaired) electrons. The molecular weight excluding hydrogens is 251 g/mol. The van der Waals surface area contributed by atoms with Gasteiger partial charge in [0.25, 0.3) is 5.91 Å². The van der Waals surface area contributed by atoms with Crippen LogP contribution < -0.4 is 11.3 Å². The Morgan fingerprint density at radius 2 is 2.06 bits per heavy atom. The number of H-pyrrole nitrogens is 1. The Morgan fingerprint density at radius 3 is 2.50 bits per heavy atom.